The van der Waals surface area contributed by atoms with Gasteiger partial charge in [-0.15, -0.1) is 11.3 Å². The molecule has 7 nitrogen and oxygen atoms in total. The van der Waals surface area contributed by atoms with Gasteiger partial charge in [-0.3, -0.25) is 14.9 Å². The molecule has 0 atom stereocenters. The smallest absolute Gasteiger partial charge is 0.309 e. The van der Waals surface area contributed by atoms with Gasteiger partial charge in [-0.2, -0.15) is 0 Å². The molecule has 0 radical (unpaired) electrons. The minimum atomic E-state index is -0.391. The number of piperidine rings is 1. The summed E-state index contributed by atoms with van der Waals surface area (Å²) < 4.78 is 5.57. The number of ether oxygens (including phenoxy) is 1. The Labute approximate surface area is 213 Å². The summed E-state index contributed by atoms with van der Waals surface area (Å²) in [6, 6.07) is 3.35. The highest BCUT2D eigenvalue weighted by atomic mass is 35.5. The number of esters is 1. The van der Waals surface area contributed by atoms with Crippen molar-refractivity contribution >= 4 is 80.3 Å². The Morgan fingerprint density at radius 2 is 2.00 bits per heavy atom. The fourth-order valence-electron chi connectivity index (χ4n) is 3.49. The second kappa shape index (κ2) is 10.6. The number of nitrogens with zero attached hydrogens (tertiary/aromatic N) is 3. The van der Waals surface area contributed by atoms with Crippen molar-refractivity contribution in [1.82, 2.24) is 9.97 Å². The molecule has 1 N–H and O–H groups in total. The Morgan fingerprint density at radius 1 is 1.24 bits per heavy atom. The molecule has 174 valence electrons. The van der Waals surface area contributed by atoms with Crippen LogP contribution in [-0.4, -0.2) is 41.5 Å². The fraction of sp³-hybridized carbons (Fsp3) is 0.333. The summed E-state index contributed by atoms with van der Waals surface area (Å²) in [5.41, 5.74) is 0.879. The first-order valence-corrected chi connectivity index (χ1v) is 13.0. The van der Waals surface area contributed by atoms with Gasteiger partial charge in [0.05, 0.1) is 33.0 Å². The van der Waals surface area contributed by atoms with E-state index in [1.807, 2.05) is 4.90 Å². The third-order valence-electron chi connectivity index (χ3n) is 5.11. The van der Waals surface area contributed by atoms with E-state index in [-0.39, 0.29) is 11.9 Å². The van der Waals surface area contributed by atoms with E-state index in [9.17, 15) is 9.59 Å². The van der Waals surface area contributed by atoms with Crippen molar-refractivity contribution in [3.63, 3.8) is 0 Å². The molecule has 0 aromatic carbocycles. The number of thiophene rings is 1. The predicted octanol–water partition coefficient (Wildman–Crippen LogP) is 6.26. The summed E-state index contributed by atoms with van der Waals surface area (Å²) in [6.45, 7) is 3.45. The Hall–Kier alpha value is -1.91. The summed E-state index contributed by atoms with van der Waals surface area (Å²) in [5.74, 6) is -0.0658. The zero-order valence-electron chi connectivity index (χ0n) is 17.4. The molecule has 3 aromatic heterocycles. The highest BCUT2D eigenvalue weighted by Gasteiger charge is 2.27. The minimum absolute atomic E-state index is 0.106. The van der Waals surface area contributed by atoms with Crippen LogP contribution in [0.4, 0.5) is 10.9 Å². The summed E-state index contributed by atoms with van der Waals surface area (Å²) in [4.78, 5) is 36.3. The number of halogens is 3. The quantitative estimate of drug-likeness (QED) is 0.368. The van der Waals surface area contributed by atoms with Crippen LogP contribution in [0.3, 0.4) is 0 Å². The molecule has 1 aliphatic heterocycles. The van der Waals surface area contributed by atoms with Gasteiger partial charge in [-0.25, -0.2) is 9.97 Å². The van der Waals surface area contributed by atoms with E-state index in [1.54, 1.807) is 24.4 Å². The Morgan fingerprint density at radius 3 is 2.64 bits per heavy atom. The summed E-state index contributed by atoms with van der Waals surface area (Å²) in [7, 11) is 0. The van der Waals surface area contributed by atoms with Crippen LogP contribution >= 0.6 is 57.5 Å². The molecule has 1 amide bonds. The van der Waals surface area contributed by atoms with Gasteiger partial charge in [0.25, 0.3) is 5.91 Å². The van der Waals surface area contributed by atoms with Gasteiger partial charge in [0.2, 0.25) is 0 Å². The van der Waals surface area contributed by atoms with Gasteiger partial charge < -0.3 is 9.64 Å². The first-order chi connectivity index (χ1) is 15.9. The lowest BCUT2D eigenvalue weighted by Gasteiger charge is -2.32. The maximum Gasteiger partial charge on any atom is 0.309 e. The molecule has 1 saturated heterocycles. The third kappa shape index (κ3) is 5.60. The van der Waals surface area contributed by atoms with Gasteiger partial charge in [-0.05, 0) is 31.9 Å². The van der Waals surface area contributed by atoms with Crippen LogP contribution < -0.4 is 10.2 Å². The highest BCUT2D eigenvalue weighted by molar-refractivity contribution is 7.21. The molecule has 1 aliphatic rings. The lowest BCUT2D eigenvalue weighted by molar-refractivity contribution is -0.148. The zero-order valence-corrected chi connectivity index (χ0v) is 21.3. The van der Waals surface area contributed by atoms with Crippen LogP contribution in [0.5, 0.6) is 0 Å². The number of rotatable bonds is 6. The Balaban J connectivity index is 1.41. The maximum absolute atomic E-state index is 12.7. The molecule has 4 rings (SSSR count). The first-order valence-electron chi connectivity index (χ1n) is 10.1. The zero-order chi connectivity index (χ0) is 23.5. The van der Waals surface area contributed by atoms with E-state index in [4.69, 9.17) is 39.5 Å². The number of thiazole rings is 1. The van der Waals surface area contributed by atoms with Crippen LogP contribution in [0, 0.1) is 5.92 Å². The number of anilines is 2. The number of hydrogen-bond donors (Lipinski definition) is 1. The minimum Gasteiger partial charge on any atom is -0.466 e. The van der Waals surface area contributed by atoms with Crippen molar-refractivity contribution < 1.29 is 14.3 Å². The van der Waals surface area contributed by atoms with E-state index in [1.165, 1.54) is 17.5 Å². The monoisotopic (exact) mass is 544 g/mol. The number of nitrogens with one attached hydrogen (secondary N) is 1. The van der Waals surface area contributed by atoms with Crippen molar-refractivity contribution in [3.05, 3.63) is 43.7 Å². The number of carbonyl (C=O) groups excluding carboxylic acids is 2. The fourth-order valence-corrected chi connectivity index (χ4v) is 6.03. The molecular formula is C21H19Cl3N4O3S2. The molecule has 1 fully saturated rings. The lowest BCUT2D eigenvalue weighted by atomic mass is 9.97. The van der Waals surface area contributed by atoms with Gasteiger partial charge in [-0.1, -0.05) is 46.1 Å². The van der Waals surface area contributed by atoms with E-state index >= 15 is 0 Å². The topological polar surface area (TPSA) is 84.4 Å². The molecule has 0 unspecified atom stereocenters. The van der Waals surface area contributed by atoms with Gasteiger partial charge in [0.15, 0.2) is 5.13 Å². The normalized spacial score (nSPS) is 14.4. The summed E-state index contributed by atoms with van der Waals surface area (Å²) in [5, 5.41) is 5.87. The van der Waals surface area contributed by atoms with Gasteiger partial charge in [0, 0.05) is 24.7 Å². The molecule has 3 aromatic rings. The molecule has 4 heterocycles. The third-order valence-corrected chi connectivity index (χ3v) is 7.84. The number of amides is 1. The van der Waals surface area contributed by atoms with Crippen LogP contribution in [0.15, 0.2) is 23.7 Å². The molecular weight excluding hydrogens is 527 g/mol. The van der Waals surface area contributed by atoms with Crippen molar-refractivity contribution in [1.29, 1.82) is 0 Å². The average molecular weight is 546 g/mol. The van der Waals surface area contributed by atoms with E-state index in [0.29, 0.717) is 69.1 Å². The van der Waals surface area contributed by atoms with E-state index in [0.717, 1.165) is 16.2 Å². The molecule has 0 spiro atoms. The highest BCUT2D eigenvalue weighted by Crippen LogP contribution is 2.39. The number of pyridine rings is 1. The predicted molar refractivity (Wildman–Crippen MR) is 134 cm³/mol. The lowest BCUT2D eigenvalue weighted by Crippen LogP contribution is -2.37. The van der Waals surface area contributed by atoms with Crippen LogP contribution in [0.1, 0.15) is 30.1 Å². The Kier molecular flexibility index (Phi) is 7.76. The van der Waals surface area contributed by atoms with Crippen LogP contribution in [0.2, 0.25) is 14.4 Å². The van der Waals surface area contributed by atoms with Crippen LogP contribution in [-0.2, 0) is 9.53 Å². The average Bonchev–Trinajstić information content (AvgIpc) is 3.38. The van der Waals surface area contributed by atoms with Gasteiger partial charge >= 0.3 is 5.97 Å². The van der Waals surface area contributed by atoms with Crippen molar-refractivity contribution in [2.24, 2.45) is 5.92 Å². The second-order valence-corrected chi connectivity index (χ2v) is 10.6. The summed E-state index contributed by atoms with van der Waals surface area (Å²) in [6.07, 6.45) is 2.81. The SMILES string of the molecule is CCOC(=O)C1CCN(c2ncc(C(=O)Nc3nc(-c4cc(Cl)cs4)c(Cl)s3)cc2Cl)CC1. The largest absolute Gasteiger partial charge is 0.466 e. The Bertz CT molecular complexity index is 1180. The number of aromatic nitrogens is 2. The number of hydrogen-bond acceptors (Lipinski definition) is 8. The van der Waals surface area contributed by atoms with E-state index in [2.05, 4.69) is 15.3 Å². The molecule has 0 saturated carbocycles. The maximum atomic E-state index is 12.7. The van der Waals surface area contributed by atoms with Crippen molar-refractivity contribution in [2.75, 3.05) is 29.9 Å². The van der Waals surface area contributed by atoms with Gasteiger partial charge in [0.1, 0.15) is 15.8 Å². The molecule has 12 heteroatoms. The van der Waals surface area contributed by atoms with E-state index < -0.39 is 5.91 Å². The van der Waals surface area contributed by atoms with Crippen molar-refractivity contribution in [3.8, 4) is 10.6 Å². The van der Waals surface area contributed by atoms with Crippen LogP contribution in [0.25, 0.3) is 10.6 Å². The molecule has 33 heavy (non-hydrogen) atoms. The molecule has 0 bridgehead atoms. The molecule has 0 aliphatic carbocycles. The number of carbonyl (C=O) groups is 2. The van der Waals surface area contributed by atoms with Crippen molar-refractivity contribution in [2.45, 2.75) is 19.8 Å². The standard InChI is InChI=1S/C21H19Cl3N4O3S2/c1-2-31-20(30)11-3-5-28(6-4-11)18-14(23)7-12(9-25-18)19(29)27-21-26-16(17(24)33-21)15-8-13(22)10-32-15/h7-11H,2-6H2,1H3,(H,26,27,29). The summed E-state index contributed by atoms with van der Waals surface area (Å²) >= 11 is 21.3. The second-order valence-electron chi connectivity index (χ2n) is 7.27. The first kappa shape index (κ1) is 24.2.